The molecule has 1 unspecified atom stereocenters. The molecule has 182 valence electrons. The van der Waals surface area contributed by atoms with Crippen LogP contribution in [-0.2, 0) is 16.0 Å². The van der Waals surface area contributed by atoms with E-state index in [9.17, 15) is 14.4 Å². The first-order chi connectivity index (χ1) is 17.5. The average molecular weight is 481 g/mol. The molecule has 6 nitrogen and oxygen atoms in total. The minimum Gasteiger partial charge on any atom is -0.466 e. The minimum atomic E-state index is -0.508. The smallest absolute Gasteiger partial charge is 0.307 e. The molecule has 0 aliphatic rings. The number of rotatable bonds is 9. The molecule has 1 atom stereocenters. The number of hydrogen-bond acceptors (Lipinski definition) is 4. The molecule has 3 N–H and O–H groups in total. The first-order valence-electron chi connectivity index (χ1n) is 11.9. The van der Waals surface area contributed by atoms with Crippen molar-refractivity contribution in [1.29, 1.82) is 0 Å². The summed E-state index contributed by atoms with van der Waals surface area (Å²) in [6.45, 7) is 2.04. The van der Waals surface area contributed by atoms with Crippen molar-refractivity contribution in [2.45, 2.75) is 25.8 Å². The van der Waals surface area contributed by atoms with Gasteiger partial charge in [-0.1, -0.05) is 78.9 Å². The summed E-state index contributed by atoms with van der Waals surface area (Å²) in [5, 5.41) is 4.68. The average Bonchev–Trinajstić information content (AvgIpc) is 2.88. The fourth-order valence-corrected chi connectivity index (χ4v) is 4.34. The molecule has 36 heavy (non-hydrogen) atoms. The number of nitrogens with one attached hydrogen (secondary N) is 1. The van der Waals surface area contributed by atoms with Crippen molar-refractivity contribution in [3.05, 3.63) is 108 Å². The molecule has 2 amide bonds. The molecule has 0 heterocycles. The third-order valence-corrected chi connectivity index (χ3v) is 6.01. The summed E-state index contributed by atoms with van der Waals surface area (Å²) in [5.41, 5.74) is 9.12. The van der Waals surface area contributed by atoms with Crippen molar-refractivity contribution in [2.75, 3.05) is 6.61 Å². The number of ether oxygens (including phenoxy) is 1. The summed E-state index contributed by atoms with van der Waals surface area (Å²) < 4.78 is 5.10. The molecule has 4 aromatic rings. The van der Waals surface area contributed by atoms with Crippen LogP contribution in [0.25, 0.3) is 21.9 Å². The van der Waals surface area contributed by atoms with Gasteiger partial charge in [-0.3, -0.25) is 14.4 Å². The number of carbonyl (C=O) groups excluding carboxylic acids is 3. The van der Waals surface area contributed by atoms with Crippen LogP contribution in [0.15, 0.2) is 91.0 Å². The maximum atomic E-state index is 13.0. The lowest BCUT2D eigenvalue weighted by Gasteiger charge is -2.18. The van der Waals surface area contributed by atoms with E-state index >= 15 is 0 Å². The van der Waals surface area contributed by atoms with Crippen LogP contribution in [0.2, 0.25) is 0 Å². The lowest BCUT2D eigenvalue weighted by molar-refractivity contribution is -0.143. The number of carbonyl (C=O) groups is 3. The van der Waals surface area contributed by atoms with E-state index in [0.717, 1.165) is 21.9 Å². The highest BCUT2D eigenvalue weighted by molar-refractivity contribution is 6.12. The molecule has 0 aliphatic carbocycles. The van der Waals surface area contributed by atoms with Gasteiger partial charge in [-0.05, 0) is 52.9 Å². The summed E-state index contributed by atoms with van der Waals surface area (Å²) in [6.07, 6.45) is 0.578. The van der Waals surface area contributed by atoms with Gasteiger partial charge in [0, 0.05) is 11.6 Å². The van der Waals surface area contributed by atoms with Gasteiger partial charge < -0.3 is 15.8 Å². The van der Waals surface area contributed by atoms with E-state index in [1.165, 1.54) is 0 Å². The first kappa shape index (κ1) is 24.7. The van der Waals surface area contributed by atoms with Crippen LogP contribution < -0.4 is 11.1 Å². The monoisotopic (exact) mass is 480 g/mol. The fraction of sp³-hybridized carbons (Fsp3) is 0.167. The molecule has 0 aromatic heterocycles. The van der Waals surface area contributed by atoms with E-state index in [4.69, 9.17) is 10.5 Å². The van der Waals surface area contributed by atoms with Crippen molar-refractivity contribution >= 4 is 28.6 Å². The van der Waals surface area contributed by atoms with E-state index < -0.39 is 11.9 Å². The van der Waals surface area contributed by atoms with Crippen molar-refractivity contribution in [1.82, 2.24) is 5.32 Å². The Kier molecular flexibility index (Phi) is 7.75. The molecular formula is C30H28N2O4. The Hall–Kier alpha value is -4.45. The van der Waals surface area contributed by atoms with E-state index in [2.05, 4.69) is 5.32 Å². The van der Waals surface area contributed by atoms with Crippen molar-refractivity contribution in [2.24, 2.45) is 5.73 Å². The second-order valence-corrected chi connectivity index (χ2v) is 8.52. The third-order valence-electron chi connectivity index (χ3n) is 6.01. The van der Waals surface area contributed by atoms with E-state index in [-0.39, 0.29) is 24.9 Å². The van der Waals surface area contributed by atoms with Crippen LogP contribution in [0.3, 0.4) is 0 Å². The molecule has 0 saturated carbocycles. The molecule has 0 fully saturated rings. The zero-order valence-corrected chi connectivity index (χ0v) is 20.1. The maximum Gasteiger partial charge on any atom is 0.307 e. The molecule has 4 rings (SSSR count). The Morgan fingerprint density at radius 3 is 2.25 bits per heavy atom. The van der Waals surface area contributed by atoms with Crippen LogP contribution in [0.4, 0.5) is 0 Å². The minimum absolute atomic E-state index is 0.0750. The maximum absolute atomic E-state index is 13.0. The van der Waals surface area contributed by atoms with Gasteiger partial charge in [0.25, 0.3) is 5.91 Å². The van der Waals surface area contributed by atoms with Gasteiger partial charge in [-0.15, -0.1) is 0 Å². The molecule has 0 radical (unpaired) electrons. The highest BCUT2D eigenvalue weighted by Gasteiger charge is 2.20. The highest BCUT2D eigenvalue weighted by atomic mass is 16.5. The number of fused-ring (bicyclic) bond motifs is 1. The Bertz CT molecular complexity index is 1380. The van der Waals surface area contributed by atoms with Gasteiger partial charge in [-0.2, -0.15) is 0 Å². The van der Waals surface area contributed by atoms with Crippen LogP contribution in [0.5, 0.6) is 0 Å². The van der Waals surface area contributed by atoms with E-state index in [1.807, 2.05) is 66.7 Å². The summed E-state index contributed by atoms with van der Waals surface area (Å²) >= 11 is 0. The molecule has 0 saturated heterocycles. The normalized spacial score (nSPS) is 11.6. The molecule has 0 aliphatic heterocycles. The number of esters is 1. The quantitative estimate of drug-likeness (QED) is 0.333. The van der Waals surface area contributed by atoms with Crippen LogP contribution in [-0.4, -0.2) is 30.4 Å². The van der Waals surface area contributed by atoms with E-state index in [0.29, 0.717) is 23.1 Å². The Morgan fingerprint density at radius 2 is 1.56 bits per heavy atom. The SMILES string of the molecule is CCOC(=O)CC(Cc1ccccc1)NC(=O)c1ccc(-c2ccc3ccccc3c2C(N)=O)cc1. The highest BCUT2D eigenvalue weighted by Crippen LogP contribution is 2.30. The Labute approximate surface area is 210 Å². The zero-order valence-electron chi connectivity index (χ0n) is 20.1. The van der Waals surface area contributed by atoms with Crippen molar-refractivity contribution in [3.8, 4) is 11.1 Å². The summed E-state index contributed by atoms with van der Waals surface area (Å²) in [7, 11) is 0. The number of primary amides is 1. The van der Waals surface area contributed by atoms with Gasteiger partial charge >= 0.3 is 5.97 Å². The molecule has 0 bridgehead atoms. The second kappa shape index (κ2) is 11.3. The van der Waals surface area contributed by atoms with Gasteiger partial charge in [0.2, 0.25) is 5.91 Å². The predicted octanol–water partition coefficient (Wildman–Crippen LogP) is 4.90. The number of benzene rings is 4. The molecule has 4 aromatic carbocycles. The van der Waals surface area contributed by atoms with Crippen LogP contribution >= 0.6 is 0 Å². The fourth-order valence-electron chi connectivity index (χ4n) is 4.34. The van der Waals surface area contributed by atoms with Gasteiger partial charge in [0.15, 0.2) is 0 Å². The van der Waals surface area contributed by atoms with Crippen LogP contribution in [0.1, 0.15) is 39.6 Å². The van der Waals surface area contributed by atoms with Gasteiger partial charge in [0.05, 0.1) is 18.6 Å². The van der Waals surface area contributed by atoms with Gasteiger partial charge in [-0.25, -0.2) is 0 Å². The Morgan fingerprint density at radius 1 is 0.861 bits per heavy atom. The lowest BCUT2D eigenvalue weighted by Crippen LogP contribution is -2.38. The molecule has 0 spiro atoms. The summed E-state index contributed by atoms with van der Waals surface area (Å²) in [5.74, 6) is -1.16. The van der Waals surface area contributed by atoms with Gasteiger partial charge in [0.1, 0.15) is 0 Å². The number of hydrogen-bond donors (Lipinski definition) is 2. The Balaban J connectivity index is 1.56. The largest absolute Gasteiger partial charge is 0.466 e. The number of nitrogens with two attached hydrogens (primary N) is 1. The third kappa shape index (κ3) is 5.78. The summed E-state index contributed by atoms with van der Waals surface area (Å²) in [4.78, 5) is 37.5. The molecular weight excluding hydrogens is 452 g/mol. The summed E-state index contributed by atoms with van der Waals surface area (Å²) in [6, 6.07) is 27.7. The second-order valence-electron chi connectivity index (χ2n) is 8.52. The van der Waals surface area contributed by atoms with Crippen LogP contribution in [0, 0.1) is 0 Å². The number of amides is 2. The van der Waals surface area contributed by atoms with E-state index in [1.54, 1.807) is 31.2 Å². The lowest BCUT2D eigenvalue weighted by atomic mass is 9.93. The van der Waals surface area contributed by atoms with Crippen molar-refractivity contribution in [3.63, 3.8) is 0 Å². The predicted molar refractivity (Wildman–Crippen MR) is 141 cm³/mol. The zero-order chi connectivity index (χ0) is 25.5. The topological polar surface area (TPSA) is 98.5 Å². The standard InChI is InChI=1S/C30H28N2O4/c1-2-36-27(33)19-24(18-20-8-4-3-5-9-20)32-30(35)23-14-12-22(13-15-23)26-17-16-21-10-6-7-11-25(21)28(26)29(31)34/h3-17,24H,2,18-19H2,1H3,(H2,31,34)(H,32,35). The van der Waals surface area contributed by atoms with Crippen molar-refractivity contribution < 1.29 is 19.1 Å². The molecule has 6 heteroatoms. The first-order valence-corrected chi connectivity index (χ1v) is 11.9.